The van der Waals surface area contributed by atoms with E-state index >= 15 is 0 Å². The third-order valence-corrected chi connectivity index (χ3v) is 4.67. The van der Waals surface area contributed by atoms with Crippen molar-refractivity contribution in [3.8, 4) is 5.75 Å². The molecule has 3 heteroatoms. The lowest BCUT2D eigenvalue weighted by atomic mass is 9.92. The van der Waals surface area contributed by atoms with Gasteiger partial charge in [-0.1, -0.05) is 12.1 Å². The topological polar surface area (TPSA) is 24.5 Å². The van der Waals surface area contributed by atoms with E-state index in [-0.39, 0.29) is 0 Å². The third-order valence-electron chi connectivity index (χ3n) is 4.67. The van der Waals surface area contributed by atoms with Gasteiger partial charge in [0.25, 0.3) is 0 Å². The van der Waals surface area contributed by atoms with Gasteiger partial charge in [0.2, 0.25) is 0 Å². The summed E-state index contributed by atoms with van der Waals surface area (Å²) in [5.74, 6) is 1.88. The lowest BCUT2D eigenvalue weighted by Crippen LogP contribution is -2.36. The summed E-state index contributed by atoms with van der Waals surface area (Å²) in [4.78, 5) is 2.62. The molecule has 1 unspecified atom stereocenters. The quantitative estimate of drug-likeness (QED) is 0.832. The molecule has 1 aromatic rings. The first-order chi connectivity index (χ1) is 10.2. The zero-order valence-electron chi connectivity index (χ0n) is 13.8. The lowest BCUT2D eigenvalue weighted by Gasteiger charge is -2.36. The first-order valence-corrected chi connectivity index (χ1v) is 8.36. The van der Waals surface area contributed by atoms with Crippen molar-refractivity contribution >= 4 is 0 Å². The Bertz CT molecular complexity index is 396. The first kappa shape index (κ1) is 16.3. The molecule has 0 aliphatic carbocycles. The predicted octanol–water partition coefficient (Wildman–Crippen LogP) is 3.47. The van der Waals surface area contributed by atoms with Gasteiger partial charge in [-0.25, -0.2) is 0 Å². The highest BCUT2D eigenvalue weighted by Gasteiger charge is 2.23. The fourth-order valence-electron chi connectivity index (χ4n) is 3.20. The molecule has 3 nitrogen and oxygen atoms in total. The number of hydrogen-bond acceptors (Lipinski definition) is 3. The molecule has 1 fully saturated rings. The Morgan fingerprint density at radius 2 is 1.90 bits per heavy atom. The monoisotopic (exact) mass is 290 g/mol. The SMILES string of the molecule is CCOc1ccc(C(C)N2CCC(CCNC)CC2)cc1. The maximum atomic E-state index is 5.52. The largest absolute Gasteiger partial charge is 0.494 e. The Morgan fingerprint density at radius 1 is 1.24 bits per heavy atom. The summed E-state index contributed by atoms with van der Waals surface area (Å²) in [5.41, 5.74) is 1.40. The first-order valence-electron chi connectivity index (χ1n) is 8.36. The molecule has 1 N–H and O–H groups in total. The molecule has 0 bridgehead atoms. The van der Waals surface area contributed by atoms with Crippen molar-refractivity contribution in [1.29, 1.82) is 0 Å². The summed E-state index contributed by atoms with van der Waals surface area (Å²) in [5, 5.41) is 3.26. The summed E-state index contributed by atoms with van der Waals surface area (Å²) in [6, 6.07) is 9.11. The Kier molecular flexibility index (Phi) is 6.52. The summed E-state index contributed by atoms with van der Waals surface area (Å²) in [6.45, 7) is 8.68. The van der Waals surface area contributed by atoms with Gasteiger partial charge in [-0.15, -0.1) is 0 Å². The Hall–Kier alpha value is -1.06. The van der Waals surface area contributed by atoms with E-state index in [1.807, 2.05) is 14.0 Å². The molecule has 0 spiro atoms. The predicted molar refractivity (Wildman–Crippen MR) is 88.9 cm³/mol. The number of hydrogen-bond donors (Lipinski definition) is 1. The molecule has 0 radical (unpaired) electrons. The van der Waals surface area contributed by atoms with Crippen LogP contribution in [0.3, 0.4) is 0 Å². The molecule has 21 heavy (non-hydrogen) atoms. The van der Waals surface area contributed by atoms with Gasteiger partial charge in [0.05, 0.1) is 6.61 Å². The molecule has 118 valence electrons. The highest BCUT2D eigenvalue weighted by molar-refractivity contribution is 5.29. The highest BCUT2D eigenvalue weighted by atomic mass is 16.5. The number of benzene rings is 1. The van der Waals surface area contributed by atoms with Crippen LogP contribution in [0.4, 0.5) is 0 Å². The van der Waals surface area contributed by atoms with Crippen molar-refractivity contribution in [2.75, 3.05) is 33.3 Å². The van der Waals surface area contributed by atoms with Crippen LogP contribution in [0.2, 0.25) is 0 Å². The second kappa shape index (κ2) is 8.40. The zero-order valence-corrected chi connectivity index (χ0v) is 13.8. The van der Waals surface area contributed by atoms with Gasteiger partial charge in [-0.2, -0.15) is 0 Å². The molecule has 1 aromatic carbocycles. The molecule has 2 rings (SSSR count). The minimum Gasteiger partial charge on any atom is -0.494 e. The van der Waals surface area contributed by atoms with Gasteiger partial charge >= 0.3 is 0 Å². The molecule has 1 aliphatic heterocycles. The van der Waals surface area contributed by atoms with Gasteiger partial charge in [0.15, 0.2) is 0 Å². The summed E-state index contributed by atoms with van der Waals surface area (Å²) in [6.07, 6.45) is 3.99. The van der Waals surface area contributed by atoms with Crippen LogP contribution in [0.25, 0.3) is 0 Å². The van der Waals surface area contributed by atoms with Crippen LogP contribution in [-0.2, 0) is 0 Å². The Balaban J connectivity index is 1.84. The molecule has 1 atom stereocenters. The molecule has 1 aliphatic rings. The molecule has 0 aromatic heterocycles. The summed E-state index contributed by atoms with van der Waals surface area (Å²) >= 11 is 0. The van der Waals surface area contributed by atoms with Crippen LogP contribution in [0, 0.1) is 5.92 Å². The fourth-order valence-corrected chi connectivity index (χ4v) is 3.20. The molecular formula is C18H30N2O. The van der Waals surface area contributed by atoms with Crippen LogP contribution in [0.15, 0.2) is 24.3 Å². The second-order valence-electron chi connectivity index (χ2n) is 6.05. The van der Waals surface area contributed by atoms with Gasteiger partial charge < -0.3 is 10.1 Å². The van der Waals surface area contributed by atoms with Crippen molar-refractivity contribution < 1.29 is 4.74 Å². The standard InChI is InChI=1S/C18H30N2O/c1-4-21-18-7-5-17(6-8-18)15(2)20-13-10-16(11-14-20)9-12-19-3/h5-8,15-16,19H,4,9-14H2,1-3H3. The van der Waals surface area contributed by atoms with Crippen molar-refractivity contribution in [1.82, 2.24) is 10.2 Å². The van der Waals surface area contributed by atoms with Crippen LogP contribution in [0.5, 0.6) is 5.75 Å². The normalized spacial score (nSPS) is 18.6. The van der Waals surface area contributed by atoms with E-state index in [0.29, 0.717) is 6.04 Å². The number of likely N-dealkylation sites (tertiary alicyclic amines) is 1. The lowest BCUT2D eigenvalue weighted by molar-refractivity contribution is 0.137. The van der Waals surface area contributed by atoms with E-state index in [1.54, 1.807) is 0 Å². The number of nitrogens with one attached hydrogen (secondary N) is 1. The van der Waals surface area contributed by atoms with Crippen LogP contribution in [-0.4, -0.2) is 38.2 Å². The smallest absolute Gasteiger partial charge is 0.119 e. The van der Waals surface area contributed by atoms with Gasteiger partial charge in [0.1, 0.15) is 5.75 Å². The average Bonchev–Trinajstić information content (AvgIpc) is 2.54. The van der Waals surface area contributed by atoms with Crippen molar-refractivity contribution in [2.24, 2.45) is 5.92 Å². The van der Waals surface area contributed by atoms with Gasteiger partial charge in [0, 0.05) is 6.04 Å². The maximum absolute atomic E-state index is 5.52. The summed E-state index contributed by atoms with van der Waals surface area (Å²) < 4.78 is 5.52. The minimum absolute atomic E-state index is 0.505. The third kappa shape index (κ3) is 4.72. The number of piperidine rings is 1. The highest BCUT2D eigenvalue weighted by Crippen LogP contribution is 2.28. The average molecular weight is 290 g/mol. The van der Waals surface area contributed by atoms with Crippen LogP contribution < -0.4 is 10.1 Å². The van der Waals surface area contributed by atoms with E-state index in [2.05, 4.69) is 41.4 Å². The molecule has 0 amide bonds. The summed E-state index contributed by atoms with van der Waals surface area (Å²) in [7, 11) is 2.04. The molecule has 1 saturated heterocycles. The van der Waals surface area contributed by atoms with E-state index < -0.39 is 0 Å². The number of rotatable bonds is 7. The maximum Gasteiger partial charge on any atom is 0.119 e. The van der Waals surface area contributed by atoms with E-state index in [4.69, 9.17) is 4.74 Å². The molecular weight excluding hydrogens is 260 g/mol. The second-order valence-corrected chi connectivity index (χ2v) is 6.05. The Morgan fingerprint density at radius 3 is 2.48 bits per heavy atom. The van der Waals surface area contributed by atoms with E-state index in [9.17, 15) is 0 Å². The van der Waals surface area contributed by atoms with E-state index in [1.165, 1.54) is 37.9 Å². The minimum atomic E-state index is 0.505. The van der Waals surface area contributed by atoms with Crippen LogP contribution >= 0.6 is 0 Å². The van der Waals surface area contributed by atoms with Crippen molar-refractivity contribution in [2.45, 2.75) is 39.2 Å². The van der Waals surface area contributed by atoms with Crippen molar-refractivity contribution in [3.05, 3.63) is 29.8 Å². The van der Waals surface area contributed by atoms with Gasteiger partial charge in [-0.05, 0) is 83.4 Å². The number of ether oxygens (including phenoxy) is 1. The number of nitrogens with zero attached hydrogens (tertiary/aromatic N) is 1. The molecule has 1 heterocycles. The zero-order chi connectivity index (χ0) is 15.1. The van der Waals surface area contributed by atoms with Gasteiger partial charge in [-0.3, -0.25) is 4.90 Å². The fraction of sp³-hybridized carbons (Fsp3) is 0.667. The van der Waals surface area contributed by atoms with Crippen molar-refractivity contribution in [3.63, 3.8) is 0 Å². The van der Waals surface area contributed by atoms with Crippen LogP contribution in [0.1, 0.15) is 44.7 Å². The molecule has 0 saturated carbocycles. The van der Waals surface area contributed by atoms with E-state index in [0.717, 1.165) is 24.8 Å². The Labute approximate surface area is 129 Å².